The maximum absolute atomic E-state index is 6.18. The van der Waals surface area contributed by atoms with Gasteiger partial charge in [0.05, 0.1) is 0 Å². The van der Waals surface area contributed by atoms with Crippen molar-refractivity contribution < 1.29 is 4.74 Å². The van der Waals surface area contributed by atoms with E-state index in [0.717, 1.165) is 29.4 Å². The predicted molar refractivity (Wildman–Crippen MR) is 105 cm³/mol. The van der Waals surface area contributed by atoms with Gasteiger partial charge in [-0.2, -0.15) is 0 Å². The Hall–Kier alpha value is -1.22. The summed E-state index contributed by atoms with van der Waals surface area (Å²) in [5.74, 6) is 0.925. The molecule has 0 aliphatic carbocycles. The monoisotopic (exact) mass is 367 g/mol. The third-order valence-electron chi connectivity index (χ3n) is 3.84. The first kappa shape index (κ1) is 20.8. The number of hydrogen-bond acceptors (Lipinski definition) is 2. The Balaban J connectivity index is 0.00000288. The Bertz CT molecular complexity index is 589. The van der Waals surface area contributed by atoms with Gasteiger partial charge < -0.3 is 10.1 Å². The number of halogens is 2. The molecule has 24 heavy (non-hydrogen) atoms. The molecule has 2 aromatic rings. The third kappa shape index (κ3) is 7.12. The largest absolute Gasteiger partial charge is 0.489 e. The van der Waals surface area contributed by atoms with Crippen LogP contribution < -0.4 is 10.1 Å². The summed E-state index contributed by atoms with van der Waals surface area (Å²) in [6, 6.07) is 16.0. The molecule has 0 spiro atoms. The molecule has 4 heteroatoms. The molecule has 0 atom stereocenters. The molecule has 0 fully saturated rings. The second-order valence-corrected chi connectivity index (χ2v) is 6.13. The lowest BCUT2D eigenvalue weighted by molar-refractivity contribution is 0.302. The summed E-state index contributed by atoms with van der Waals surface area (Å²) < 4.78 is 5.98. The highest BCUT2D eigenvalue weighted by molar-refractivity contribution is 6.31. The highest BCUT2D eigenvalue weighted by atomic mass is 35.5. The normalized spacial score (nSPS) is 10.2. The quantitative estimate of drug-likeness (QED) is 0.519. The van der Waals surface area contributed by atoms with Gasteiger partial charge in [0.2, 0.25) is 0 Å². The summed E-state index contributed by atoms with van der Waals surface area (Å²) in [4.78, 5) is 0. The van der Waals surface area contributed by atoms with E-state index in [4.69, 9.17) is 16.3 Å². The molecule has 0 unspecified atom stereocenters. The molecule has 0 heterocycles. The van der Waals surface area contributed by atoms with Crippen LogP contribution in [0.25, 0.3) is 0 Å². The van der Waals surface area contributed by atoms with E-state index in [1.165, 1.54) is 31.2 Å². The molecule has 1 N–H and O–H groups in total. The number of ether oxygens (including phenoxy) is 1. The fraction of sp³-hybridized carbons (Fsp3) is 0.400. The highest BCUT2D eigenvalue weighted by Gasteiger charge is 2.05. The highest BCUT2D eigenvalue weighted by Crippen LogP contribution is 2.21. The Morgan fingerprint density at radius 2 is 1.62 bits per heavy atom. The van der Waals surface area contributed by atoms with Crippen LogP contribution in [-0.4, -0.2) is 6.54 Å². The topological polar surface area (TPSA) is 21.3 Å². The van der Waals surface area contributed by atoms with Gasteiger partial charge in [-0.1, -0.05) is 74.2 Å². The zero-order chi connectivity index (χ0) is 16.3. The lowest BCUT2D eigenvalue weighted by atomic mass is 10.2. The van der Waals surface area contributed by atoms with Gasteiger partial charge in [0.1, 0.15) is 12.4 Å². The molecule has 2 rings (SSSR count). The Morgan fingerprint density at radius 1 is 0.917 bits per heavy atom. The van der Waals surface area contributed by atoms with Crippen molar-refractivity contribution in [1.82, 2.24) is 5.32 Å². The number of rotatable bonds is 10. The van der Waals surface area contributed by atoms with E-state index in [2.05, 4.69) is 24.4 Å². The first-order chi connectivity index (χ1) is 11.3. The van der Waals surface area contributed by atoms with Gasteiger partial charge in [-0.15, -0.1) is 12.4 Å². The van der Waals surface area contributed by atoms with Crippen molar-refractivity contribution >= 4 is 24.0 Å². The van der Waals surface area contributed by atoms with Crippen LogP contribution in [0.5, 0.6) is 5.75 Å². The maximum atomic E-state index is 6.18. The van der Waals surface area contributed by atoms with Crippen molar-refractivity contribution in [3.05, 3.63) is 64.7 Å². The van der Waals surface area contributed by atoms with Gasteiger partial charge >= 0.3 is 0 Å². The molecule has 0 saturated carbocycles. The van der Waals surface area contributed by atoms with Crippen LogP contribution in [0, 0.1) is 0 Å². The van der Waals surface area contributed by atoms with Gasteiger partial charge in [-0.3, -0.25) is 0 Å². The number of nitrogens with one attached hydrogen (secondary N) is 1. The number of unbranched alkanes of at least 4 members (excludes halogenated alkanes) is 3. The Morgan fingerprint density at radius 3 is 2.38 bits per heavy atom. The molecular formula is C20H27Cl2NO. The summed E-state index contributed by atoms with van der Waals surface area (Å²) >= 11 is 6.18. The molecule has 0 aliphatic rings. The van der Waals surface area contributed by atoms with Crippen molar-refractivity contribution in [2.24, 2.45) is 0 Å². The van der Waals surface area contributed by atoms with Crippen molar-refractivity contribution in [3.8, 4) is 5.75 Å². The fourth-order valence-corrected chi connectivity index (χ4v) is 2.65. The van der Waals surface area contributed by atoms with Gasteiger partial charge in [-0.05, 0) is 25.1 Å². The van der Waals surface area contributed by atoms with Gasteiger partial charge in [-0.25, -0.2) is 0 Å². The average Bonchev–Trinajstić information content (AvgIpc) is 2.58. The van der Waals surface area contributed by atoms with Crippen molar-refractivity contribution in [3.63, 3.8) is 0 Å². The van der Waals surface area contributed by atoms with Crippen LogP contribution in [0.4, 0.5) is 0 Å². The zero-order valence-electron chi connectivity index (χ0n) is 14.3. The van der Waals surface area contributed by atoms with Crippen molar-refractivity contribution in [2.75, 3.05) is 6.54 Å². The van der Waals surface area contributed by atoms with Crippen molar-refractivity contribution in [2.45, 2.75) is 45.8 Å². The molecule has 132 valence electrons. The Kier molecular flexibility index (Phi) is 10.6. The van der Waals surface area contributed by atoms with E-state index in [9.17, 15) is 0 Å². The van der Waals surface area contributed by atoms with E-state index < -0.39 is 0 Å². The molecule has 0 saturated heterocycles. The standard InChI is InChI=1S/C20H26ClNO.ClH/c1-2-3-4-9-14-22-15-17-10-6-8-13-20(17)23-16-18-11-5-7-12-19(18)21;/h5-8,10-13,22H,2-4,9,14-16H2,1H3;1H. The van der Waals surface area contributed by atoms with Crippen LogP contribution in [0.3, 0.4) is 0 Å². The summed E-state index contributed by atoms with van der Waals surface area (Å²) in [7, 11) is 0. The second kappa shape index (κ2) is 12.2. The van der Waals surface area contributed by atoms with Crippen LogP contribution >= 0.6 is 24.0 Å². The fourth-order valence-electron chi connectivity index (χ4n) is 2.46. The van der Waals surface area contributed by atoms with E-state index in [1.807, 2.05) is 36.4 Å². The minimum Gasteiger partial charge on any atom is -0.489 e. The number of para-hydroxylation sites is 1. The molecule has 0 bridgehead atoms. The summed E-state index contributed by atoms with van der Waals surface area (Å²) in [5, 5.41) is 4.25. The lowest BCUT2D eigenvalue weighted by Crippen LogP contribution is -2.15. The van der Waals surface area contributed by atoms with E-state index in [-0.39, 0.29) is 12.4 Å². The van der Waals surface area contributed by atoms with E-state index in [0.29, 0.717) is 6.61 Å². The van der Waals surface area contributed by atoms with Crippen LogP contribution in [0.15, 0.2) is 48.5 Å². The second-order valence-electron chi connectivity index (χ2n) is 5.73. The van der Waals surface area contributed by atoms with Crippen molar-refractivity contribution in [1.29, 1.82) is 0 Å². The summed E-state index contributed by atoms with van der Waals surface area (Å²) in [6.07, 6.45) is 5.13. The van der Waals surface area contributed by atoms with Crippen LogP contribution in [0.2, 0.25) is 5.02 Å². The zero-order valence-corrected chi connectivity index (χ0v) is 15.8. The lowest BCUT2D eigenvalue weighted by Gasteiger charge is -2.13. The van der Waals surface area contributed by atoms with Crippen LogP contribution in [0.1, 0.15) is 43.7 Å². The van der Waals surface area contributed by atoms with E-state index in [1.54, 1.807) is 0 Å². The SMILES string of the molecule is CCCCCCNCc1ccccc1OCc1ccccc1Cl.Cl. The van der Waals surface area contributed by atoms with Gasteiger partial charge in [0, 0.05) is 22.7 Å². The van der Waals surface area contributed by atoms with Crippen LogP contribution in [-0.2, 0) is 13.2 Å². The smallest absolute Gasteiger partial charge is 0.124 e. The molecule has 2 aromatic carbocycles. The third-order valence-corrected chi connectivity index (χ3v) is 4.20. The number of benzene rings is 2. The molecule has 0 aliphatic heterocycles. The summed E-state index contributed by atoms with van der Waals surface area (Å²) in [6.45, 7) is 4.62. The maximum Gasteiger partial charge on any atom is 0.124 e. The minimum atomic E-state index is 0. The predicted octanol–water partition coefficient (Wildman–Crippen LogP) is 6.01. The molecule has 0 aromatic heterocycles. The molecule has 2 nitrogen and oxygen atoms in total. The molecular weight excluding hydrogens is 341 g/mol. The van der Waals surface area contributed by atoms with Gasteiger partial charge in [0.25, 0.3) is 0 Å². The summed E-state index contributed by atoms with van der Waals surface area (Å²) in [5.41, 5.74) is 2.20. The minimum absolute atomic E-state index is 0. The van der Waals surface area contributed by atoms with Gasteiger partial charge in [0.15, 0.2) is 0 Å². The molecule has 0 amide bonds. The first-order valence-electron chi connectivity index (χ1n) is 8.46. The molecule has 0 radical (unpaired) electrons. The first-order valence-corrected chi connectivity index (χ1v) is 8.84. The average molecular weight is 368 g/mol. The number of hydrogen-bond donors (Lipinski definition) is 1. The Labute approximate surface area is 157 Å². The van der Waals surface area contributed by atoms with E-state index >= 15 is 0 Å².